The normalized spacial score (nSPS) is 11.6. The lowest BCUT2D eigenvalue weighted by Gasteiger charge is -2.37. The molecule has 1 heterocycles. The molecule has 0 aliphatic rings. The zero-order chi connectivity index (χ0) is 55.3. The molecule has 0 aliphatic heterocycles. The van der Waals surface area contributed by atoms with Crippen LogP contribution in [0.1, 0.15) is 0 Å². The monoisotopic (exact) mass is 951 g/mol. The average molecular weight is 947 g/mol. The summed E-state index contributed by atoms with van der Waals surface area (Å²) in [6.45, 7) is 0. The van der Waals surface area contributed by atoms with Crippen molar-refractivity contribution in [3.05, 3.63) is 60.7 Å². The molecule has 0 saturated heterocycles. The first-order valence-electron chi connectivity index (χ1n) is 27.9. The van der Waals surface area contributed by atoms with Gasteiger partial charge in [-0.1, -0.05) is 152 Å². The van der Waals surface area contributed by atoms with Crippen LogP contribution in [0, 0.1) is 0 Å². The van der Waals surface area contributed by atoms with Crippen molar-refractivity contribution in [3.63, 3.8) is 0 Å². The molecule has 0 amide bonds. The van der Waals surface area contributed by atoms with Gasteiger partial charge < -0.3 is 9.47 Å². The van der Waals surface area contributed by atoms with Crippen LogP contribution >= 0.6 is 0 Å². The van der Waals surface area contributed by atoms with Crippen LogP contribution in [-0.4, -0.2) is 193 Å². The summed E-state index contributed by atoms with van der Waals surface area (Å²) in [4.78, 5) is 2.69. The van der Waals surface area contributed by atoms with E-state index < -0.39 is 0 Å². The van der Waals surface area contributed by atoms with Gasteiger partial charge in [-0.25, -0.2) is 0 Å². The van der Waals surface area contributed by atoms with E-state index in [1.807, 2.05) is 0 Å². The molecule has 0 spiro atoms. The van der Waals surface area contributed by atoms with E-state index in [1.165, 1.54) is 214 Å². The summed E-state index contributed by atoms with van der Waals surface area (Å²) < 4.78 is 2.72. The maximum Gasteiger partial charge on any atom is 0.142 e. The molecule has 2 nitrogen and oxygen atoms in total. The highest BCUT2D eigenvalue weighted by Gasteiger charge is 2.32. The second-order valence-corrected chi connectivity index (χ2v) is 23.6. The zero-order valence-corrected chi connectivity index (χ0v) is 50.7. The van der Waals surface area contributed by atoms with Crippen LogP contribution in [-0.2, 0) is 0 Å². The highest BCUT2D eigenvalue weighted by atomic mass is 15.1. The molecule has 10 rings (SSSR count). The molecule has 10 aromatic rings. The SMILES string of the molecule is Bc1cc(-n2c3c(B)c(B)c(B)c(B)c3c3c(B)c(B)c4c(B)c(B)c(N(c5ccc(-c6ccccc6)cc5)c5c(B)c(B)c(B)c(-c6c(B)c(B)c7c(B)c(B)c(B)c(B)c7c6B)c5B)c(B)c4c32)c(B)c(B)c1B. The van der Waals surface area contributed by atoms with E-state index in [0.29, 0.717) is 0 Å². The summed E-state index contributed by atoms with van der Waals surface area (Å²) in [6.07, 6.45) is 0. The Kier molecular flexibility index (Phi) is 13.7. The summed E-state index contributed by atoms with van der Waals surface area (Å²) in [5.74, 6) is 0. The van der Waals surface area contributed by atoms with Crippen LogP contribution in [0.2, 0.25) is 0 Å². The first kappa shape index (κ1) is 54.0. The van der Waals surface area contributed by atoms with E-state index in [9.17, 15) is 0 Å². The van der Waals surface area contributed by atoms with Gasteiger partial charge in [0.15, 0.2) is 0 Å². The van der Waals surface area contributed by atoms with E-state index in [4.69, 9.17) is 0 Å². The van der Waals surface area contributed by atoms with Crippen LogP contribution in [0.4, 0.5) is 17.1 Å². The van der Waals surface area contributed by atoms with Crippen LogP contribution in [0.3, 0.4) is 0 Å². The molecular formula is C50H58B24N2. The van der Waals surface area contributed by atoms with Gasteiger partial charge in [-0.15, -0.1) is 21.9 Å². The lowest BCUT2D eigenvalue weighted by Crippen LogP contribution is -2.53. The van der Waals surface area contributed by atoms with Gasteiger partial charge in [-0.3, -0.25) is 0 Å². The predicted molar refractivity (Wildman–Crippen MR) is 418 cm³/mol. The summed E-state index contributed by atoms with van der Waals surface area (Å²) in [7, 11) is 56.8. The Balaban J connectivity index is 1.43. The molecule has 9 aromatic carbocycles. The Bertz CT molecular complexity index is 4270. The van der Waals surface area contributed by atoms with Crippen LogP contribution in [0.15, 0.2) is 60.7 Å². The Labute approximate surface area is 474 Å². The third kappa shape index (κ3) is 7.50. The van der Waals surface area contributed by atoms with Gasteiger partial charge in [0, 0.05) is 39.0 Å². The summed E-state index contributed by atoms with van der Waals surface area (Å²) in [5.41, 5.74) is 45.4. The zero-order valence-electron chi connectivity index (χ0n) is 50.7. The highest BCUT2D eigenvalue weighted by Crippen LogP contribution is 2.37. The molecule has 340 valence electrons. The van der Waals surface area contributed by atoms with Gasteiger partial charge in [-0.2, -0.15) is 0 Å². The molecule has 26 heteroatoms. The summed E-state index contributed by atoms with van der Waals surface area (Å²) >= 11 is 0. The van der Waals surface area contributed by atoms with Crippen molar-refractivity contribution < 1.29 is 0 Å². The van der Waals surface area contributed by atoms with Crippen molar-refractivity contribution >= 4 is 380 Å². The minimum Gasteiger partial charge on any atom is -0.313 e. The van der Waals surface area contributed by atoms with Crippen LogP contribution in [0.25, 0.3) is 71.3 Å². The van der Waals surface area contributed by atoms with Crippen molar-refractivity contribution in [2.75, 3.05) is 4.90 Å². The number of rotatable bonds is 6. The minimum atomic E-state index is 1.16. The number of benzene rings is 9. The maximum absolute atomic E-state index is 2.72. The van der Waals surface area contributed by atoms with E-state index in [1.54, 1.807) is 0 Å². The molecule has 76 heavy (non-hydrogen) atoms. The Morgan fingerprint density at radius 2 is 0.632 bits per heavy atom. The van der Waals surface area contributed by atoms with Gasteiger partial charge in [0.05, 0.1) is 5.52 Å². The Morgan fingerprint density at radius 3 is 1.22 bits per heavy atom. The molecular weight excluding hydrogens is 888 g/mol. The third-order valence-corrected chi connectivity index (χ3v) is 20.4. The van der Waals surface area contributed by atoms with Crippen LogP contribution in [0.5, 0.6) is 0 Å². The number of fused-ring (bicyclic) bond motifs is 6. The van der Waals surface area contributed by atoms with Gasteiger partial charge in [-0.05, 0) is 62.0 Å². The van der Waals surface area contributed by atoms with Gasteiger partial charge in [0.25, 0.3) is 0 Å². The number of anilines is 3. The Morgan fingerprint density at radius 1 is 0.263 bits per heavy atom. The number of hydrogen-bond donors (Lipinski definition) is 0. The first-order chi connectivity index (χ1) is 35.8. The molecule has 0 unspecified atom stereocenters. The summed E-state index contributed by atoms with van der Waals surface area (Å²) in [6, 6.07) is 22.8. The van der Waals surface area contributed by atoms with Crippen molar-refractivity contribution in [3.8, 4) is 27.9 Å². The van der Waals surface area contributed by atoms with E-state index in [0.717, 1.165) is 5.69 Å². The fourth-order valence-electron chi connectivity index (χ4n) is 14.3. The molecule has 0 saturated carbocycles. The number of hydrogen-bond acceptors (Lipinski definition) is 1. The van der Waals surface area contributed by atoms with Crippen molar-refractivity contribution in [1.82, 2.24) is 4.57 Å². The highest BCUT2D eigenvalue weighted by molar-refractivity contribution is 6.75. The quantitative estimate of drug-likeness (QED) is 0.151. The maximum atomic E-state index is 2.72. The topological polar surface area (TPSA) is 8.17 Å². The molecule has 0 atom stereocenters. The van der Waals surface area contributed by atoms with E-state index in [2.05, 4.69) is 258 Å². The van der Waals surface area contributed by atoms with Crippen LogP contribution < -0.4 is 136 Å². The molecule has 1 aromatic heterocycles. The second kappa shape index (κ2) is 19.2. The average Bonchev–Trinajstić information content (AvgIpc) is 3.87. The van der Waals surface area contributed by atoms with E-state index >= 15 is 0 Å². The number of aromatic nitrogens is 1. The first-order valence-corrected chi connectivity index (χ1v) is 27.9. The van der Waals surface area contributed by atoms with Gasteiger partial charge >= 0.3 is 0 Å². The summed E-state index contributed by atoms with van der Waals surface area (Å²) in [5, 5.41) is 8.32. The molecule has 0 aliphatic carbocycles. The lowest BCUT2D eigenvalue weighted by molar-refractivity contribution is 1.21. The molecule has 0 radical (unpaired) electrons. The second-order valence-electron chi connectivity index (χ2n) is 23.6. The van der Waals surface area contributed by atoms with E-state index in [-0.39, 0.29) is 0 Å². The van der Waals surface area contributed by atoms with Crippen molar-refractivity contribution in [2.45, 2.75) is 0 Å². The number of nitrogens with zero attached hydrogens (tertiary/aromatic N) is 2. The fraction of sp³-hybridized carbons (Fsp3) is 0. The molecule has 0 N–H and O–H groups in total. The molecule has 0 bridgehead atoms. The largest absolute Gasteiger partial charge is 0.313 e. The van der Waals surface area contributed by atoms with Gasteiger partial charge in [0.2, 0.25) is 0 Å². The van der Waals surface area contributed by atoms with Crippen molar-refractivity contribution in [2.24, 2.45) is 0 Å². The van der Waals surface area contributed by atoms with Crippen molar-refractivity contribution in [1.29, 1.82) is 0 Å². The Hall–Kier alpha value is -5.34. The predicted octanol–water partition coefficient (Wildman–Crippen LogP) is -27.9. The molecule has 0 fully saturated rings. The lowest BCUT2D eigenvalue weighted by atomic mass is 9.56. The fourth-order valence-corrected chi connectivity index (χ4v) is 14.3. The minimum absolute atomic E-state index is 1.16. The standard InChI is InChI=1S/C50H58B24N2/c51-14-10-15(25(53)38(66)24(14)52)76-47-21-20(29(57)34(62)22(47)23-35(63)41(69)43(71)45(73)48(23)76)33(61)44(72)50(37(21)65)75(13-8-6-12(7-9-13)11-4-2-1-3-5-11)49-36(64)19(32(60)42(70)46(49)74)17-26(54)16-18(28(56)27(17)55)31(59)40(68)39(67)30(16)58/h1-10H,51-74H2. The smallest absolute Gasteiger partial charge is 0.142 e. The van der Waals surface area contributed by atoms with Gasteiger partial charge in [0.1, 0.15) is 188 Å². The third-order valence-electron chi connectivity index (χ3n) is 20.4.